The summed E-state index contributed by atoms with van der Waals surface area (Å²) in [5.74, 6) is 1.00. The fourth-order valence-corrected chi connectivity index (χ4v) is 4.55. The van der Waals surface area contributed by atoms with Crippen molar-refractivity contribution in [1.29, 1.82) is 0 Å². The van der Waals surface area contributed by atoms with Crippen LogP contribution in [0.15, 0.2) is 35.4 Å². The molecule has 1 nitrogen and oxygen atoms in total. The lowest BCUT2D eigenvalue weighted by atomic mass is 9.85. The second-order valence-electron chi connectivity index (χ2n) is 4.38. The first-order valence-electron chi connectivity index (χ1n) is 5.94. The molecule has 1 aromatic carbocycles. The van der Waals surface area contributed by atoms with E-state index in [1.54, 1.807) is 0 Å². The Balaban J connectivity index is 2.61. The summed E-state index contributed by atoms with van der Waals surface area (Å²) in [5.41, 5.74) is 5.30. The predicted molar refractivity (Wildman–Crippen MR) is 90.0 cm³/mol. The highest BCUT2D eigenvalue weighted by Crippen LogP contribution is 2.33. The number of benzene rings is 1. The van der Waals surface area contributed by atoms with E-state index < -0.39 is 7.93 Å². The fraction of sp³-hybridized carbons (Fsp3) is 0.308. The molecule has 0 spiro atoms. The molecule has 0 radical (unpaired) electrons. The molecule has 0 aliphatic heterocycles. The van der Waals surface area contributed by atoms with Gasteiger partial charge >= 0.3 is 7.93 Å². The van der Waals surface area contributed by atoms with Crippen LogP contribution in [0.25, 0.3) is 0 Å². The predicted octanol–water partition coefficient (Wildman–Crippen LogP) is 5.31. The van der Waals surface area contributed by atoms with E-state index in [1.165, 1.54) is 22.3 Å². The maximum atomic E-state index is 6.12. The summed E-state index contributed by atoms with van der Waals surface area (Å²) in [4.78, 5) is 0. The highest BCUT2D eigenvalue weighted by atomic mass is 80.0. The minimum absolute atomic E-state index is 1.00. The van der Waals surface area contributed by atoms with Crippen LogP contribution in [-0.4, -0.2) is 13.7 Å². The number of carbonyl (C=O) groups excluding carboxylic acids is 1. The van der Waals surface area contributed by atoms with Gasteiger partial charge in [0, 0.05) is 5.57 Å². The third-order valence-electron chi connectivity index (χ3n) is 3.22. The second kappa shape index (κ2) is 5.93. The third kappa shape index (κ3) is 3.38. The Morgan fingerprint density at radius 1 is 1.22 bits per heavy atom. The van der Waals surface area contributed by atoms with Gasteiger partial charge < -0.3 is 3.48 Å². The van der Waals surface area contributed by atoms with Crippen LogP contribution in [0.3, 0.4) is 0 Å². The van der Waals surface area contributed by atoms with Crippen LogP contribution in [0.5, 0.6) is 0 Å². The van der Waals surface area contributed by atoms with E-state index in [2.05, 4.69) is 80.3 Å². The third-order valence-corrected chi connectivity index (χ3v) is 5.40. The van der Waals surface area contributed by atoms with Crippen molar-refractivity contribution in [1.82, 2.24) is 0 Å². The van der Waals surface area contributed by atoms with Gasteiger partial charge in [-0.3, -0.25) is 0 Å². The SMILES string of the molecule is CCC1=C(C)C(=[O+][Al-]([Br])([Br])[Br])c2ccccc2C1. The van der Waals surface area contributed by atoms with Crippen LogP contribution in [0.1, 0.15) is 34.9 Å². The van der Waals surface area contributed by atoms with Gasteiger partial charge in [0.1, 0.15) is 0 Å². The summed E-state index contributed by atoms with van der Waals surface area (Å²) in [6, 6.07) is 8.48. The molecule has 2 rings (SSSR count). The van der Waals surface area contributed by atoms with Crippen molar-refractivity contribution in [2.24, 2.45) is 0 Å². The highest BCUT2D eigenvalue weighted by Gasteiger charge is 2.46. The summed E-state index contributed by atoms with van der Waals surface area (Å²) in [7, 11) is -2.41. The Labute approximate surface area is 131 Å². The van der Waals surface area contributed by atoms with E-state index in [0.717, 1.165) is 18.6 Å². The second-order valence-corrected chi connectivity index (χ2v) is 28.3. The van der Waals surface area contributed by atoms with E-state index in [1.807, 2.05) is 0 Å². The zero-order valence-corrected chi connectivity index (χ0v) is 16.3. The minimum atomic E-state index is -2.41. The van der Waals surface area contributed by atoms with E-state index in [-0.39, 0.29) is 0 Å². The van der Waals surface area contributed by atoms with Crippen molar-refractivity contribution in [2.45, 2.75) is 26.7 Å². The Bertz CT molecular complexity index is 529. The van der Waals surface area contributed by atoms with Crippen molar-refractivity contribution in [3.63, 3.8) is 0 Å². The first-order valence-corrected chi connectivity index (χ1v) is 16.0. The summed E-state index contributed by atoms with van der Waals surface area (Å²) in [6.07, 6.45) is 2.10. The number of hydrogen-bond donors (Lipinski definition) is 0. The standard InChI is InChI=1S/C13H14O.Al.3BrH/c1-3-10-8-11-6-4-5-7-12(11)13(14)9(10)2;;;;/h4-7H,3,8H2,1-2H3;;3*1H/q;+3;;;/p-3. The molecule has 96 valence electrons. The van der Waals surface area contributed by atoms with Gasteiger partial charge in [0.2, 0.25) is 5.78 Å². The molecule has 0 bridgehead atoms. The Hall–Kier alpha value is 0.602. The molecule has 1 aromatic rings. The molecule has 0 atom stereocenters. The Kier molecular flexibility index (Phi) is 4.94. The molecular weight excluding hydrogens is 439 g/mol. The van der Waals surface area contributed by atoms with Gasteiger partial charge in [-0.15, -0.1) is 0 Å². The van der Waals surface area contributed by atoms with E-state index >= 15 is 0 Å². The lowest BCUT2D eigenvalue weighted by Gasteiger charge is -2.20. The maximum absolute atomic E-state index is 6.12. The van der Waals surface area contributed by atoms with E-state index in [9.17, 15) is 0 Å². The number of allylic oxidation sites excluding steroid dienone is 2. The lowest BCUT2D eigenvalue weighted by Crippen LogP contribution is -2.20. The molecule has 18 heavy (non-hydrogen) atoms. The molecule has 1 aliphatic carbocycles. The Morgan fingerprint density at radius 2 is 1.89 bits per heavy atom. The zero-order chi connectivity index (χ0) is 13.3. The van der Waals surface area contributed by atoms with Crippen molar-refractivity contribution < 1.29 is 3.48 Å². The fourth-order valence-electron chi connectivity index (χ4n) is 2.30. The van der Waals surface area contributed by atoms with Crippen molar-refractivity contribution in [2.75, 3.05) is 0 Å². The van der Waals surface area contributed by atoms with E-state index in [0.29, 0.717) is 0 Å². The topological polar surface area (TPSA) is 11.3 Å². The lowest BCUT2D eigenvalue weighted by molar-refractivity contribution is -0.0732. The average Bonchev–Trinajstić information content (AvgIpc) is 2.31. The van der Waals surface area contributed by atoms with Gasteiger partial charge in [-0.1, -0.05) is 30.7 Å². The van der Waals surface area contributed by atoms with Gasteiger partial charge in [0.25, 0.3) is 0 Å². The number of ketones is 1. The van der Waals surface area contributed by atoms with E-state index in [4.69, 9.17) is 3.48 Å². The van der Waals surface area contributed by atoms with Gasteiger partial charge in [-0.2, -0.15) is 0 Å². The molecule has 1 aliphatic rings. The van der Waals surface area contributed by atoms with Crippen LogP contribution in [-0.2, 0) is 6.42 Å². The molecule has 0 amide bonds. The van der Waals surface area contributed by atoms with Crippen LogP contribution < -0.4 is 0 Å². The number of rotatable bonds is 2. The molecule has 0 N–H and O–H groups in total. The molecule has 0 saturated carbocycles. The summed E-state index contributed by atoms with van der Waals surface area (Å²) in [6.45, 7) is 4.36. The molecule has 0 fully saturated rings. The number of hydrogen-bond acceptors (Lipinski definition) is 0. The molecule has 0 unspecified atom stereocenters. The number of fused-ring (bicyclic) bond motifs is 1. The van der Waals surface area contributed by atoms with Crippen LogP contribution in [0, 0.1) is 0 Å². The van der Waals surface area contributed by atoms with Crippen molar-refractivity contribution in [3.05, 3.63) is 46.5 Å². The van der Waals surface area contributed by atoms with Crippen molar-refractivity contribution in [3.8, 4) is 0 Å². The average molecular weight is 453 g/mol. The summed E-state index contributed by atoms with van der Waals surface area (Å²) >= 11 is 10.7. The molecule has 0 saturated heterocycles. The molecular formula is C13H14AlBr3O. The zero-order valence-electron chi connectivity index (χ0n) is 10.3. The maximum Gasteiger partial charge on any atom is 0.955 e. The monoisotopic (exact) mass is 450 g/mol. The van der Waals surface area contributed by atoms with Crippen molar-refractivity contribution >= 4 is 55.9 Å². The van der Waals surface area contributed by atoms with Crippen LogP contribution >= 0.6 is 42.2 Å². The smallest absolute Gasteiger partial charge is 0.686 e. The molecule has 0 aromatic heterocycles. The molecule has 5 heteroatoms. The van der Waals surface area contributed by atoms with Gasteiger partial charge in [0.05, 0.1) is 5.56 Å². The Morgan fingerprint density at radius 3 is 2.50 bits per heavy atom. The first-order chi connectivity index (χ1) is 8.42. The van der Waals surface area contributed by atoms with Crippen LogP contribution in [0.4, 0.5) is 0 Å². The largest absolute Gasteiger partial charge is 0.955 e. The molecule has 0 heterocycles. The highest BCUT2D eigenvalue weighted by molar-refractivity contribution is 9.71. The van der Waals surface area contributed by atoms with Gasteiger partial charge in [-0.25, -0.2) is 42.2 Å². The van der Waals surface area contributed by atoms with Gasteiger partial charge in [0.15, 0.2) is 0 Å². The normalized spacial score (nSPS) is 18.2. The minimum Gasteiger partial charge on any atom is -0.686 e. The van der Waals surface area contributed by atoms with Gasteiger partial charge in [-0.05, 0) is 31.4 Å². The quantitative estimate of drug-likeness (QED) is 0.425. The number of halogens is 3. The summed E-state index contributed by atoms with van der Waals surface area (Å²) in [5, 5.41) is 0. The van der Waals surface area contributed by atoms with Crippen LogP contribution in [0.2, 0.25) is 0 Å². The first kappa shape index (κ1) is 15.0. The summed E-state index contributed by atoms with van der Waals surface area (Å²) < 4.78 is 6.12.